The lowest BCUT2D eigenvalue weighted by Gasteiger charge is -2.37. The molecule has 31 heavy (non-hydrogen) atoms. The third kappa shape index (κ3) is 2.98. The fourth-order valence-corrected chi connectivity index (χ4v) is 5.29. The molecule has 3 amide bonds. The van der Waals surface area contributed by atoms with Crippen LogP contribution in [0.1, 0.15) is 34.6 Å². The molecule has 5 rings (SSSR count). The summed E-state index contributed by atoms with van der Waals surface area (Å²) in [5.74, 6) is -1.38. The molecule has 3 aromatic carbocycles. The van der Waals surface area contributed by atoms with Crippen molar-refractivity contribution in [3.05, 3.63) is 83.9 Å². The van der Waals surface area contributed by atoms with Crippen LogP contribution in [0.15, 0.2) is 82.6 Å². The van der Waals surface area contributed by atoms with Crippen molar-refractivity contribution in [2.45, 2.75) is 29.7 Å². The number of rotatable bonds is 3. The molecule has 0 N–H and O–H groups in total. The highest BCUT2D eigenvalue weighted by Crippen LogP contribution is 2.48. The summed E-state index contributed by atoms with van der Waals surface area (Å²) < 4.78 is 0. The monoisotopic (exact) mass is 428 g/mol. The second-order valence-electron chi connectivity index (χ2n) is 7.93. The van der Waals surface area contributed by atoms with Crippen LogP contribution in [-0.4, -0.2) is 28.7 Å². The van der Waals surface area contributed by atoms with Crippen LogP contribution >= 0.6 is 11.8 Å². The van der Waals surface area contributed by atoms with Gasteiger partial charge in [0.05, 0.1) is 22.5 Å². The fraction of sp³-hybridized carbons (Fsp3) is 0.160. The normalized spacial score (nSPS) is 15.6. The molecule has 1 atom stereocenters. The number of amides is 3. The SMILES string of the molecule is CC(C)[C@@H](C(=O)N1c2ccccc2Sc2ccccc21)N1C(=O)c2ccccc2C1=O. The Hall–Kier alpha value is -3.38. The van der Waals surface area contributed by atoms with E-state index in [0.717, 1.165) is 26.1 Å². The average Bonchev–Trinajstić information content (AvgIpc) is 3.02. The molecule has 0 bridgehead atoms. The smallest absolute Gasteiger partial charge is 0.262 e. The van der Waals surface area contributed by atoms with Gasteiger partial charge in [-0.25, -0.2) is 0 Å². The van der Waals surface area contributed by atoms with E-state index in [1.165, 1.54) is 0 Å². The van der Waals surface area contributed by atoms with Gasteiger partial charge in [0.25, 0.3) is 17.7 Å². The Morgan fingerprint density at radius 3 is 1.68 bits per heavy atom. The van der Waals surface area contributed by atoms with Crippen LogP contribution in [0.2, 0.25) is 0 Å². The highest BCUT2D eigenvalue weighted by molar-refractivity contribution is 7.99. The van der Waals surface area contributed by atoms with Gasteiger partial charge in [-0.1, -0.05) is 62.0 Å². The number of carbonyl (C=O) groups is 3. The largest absolute Gasteiger partial charge is 0.277 e. The van der Waals surface area contributed by atoms with Gasteiger partial charge in [0, 0.05) is 9.79 Å². The first-order chi connectivity index (χ1) is 15.0. The zero-order valence-electron chi connectivity index (χ0n) is 17.1. The van der Waals surface area contributed by atoms with Gasteiger partial charge in [-0.3, -0.25) is 24.2 Å². The van der Waals surface area contributed by atoms with Gasteiger partial charge in [0.2, 0.25) is 0 Å². The van der Waals surface area contributed by atoms with Crippen molar-refractivity contribution in [2.24, 2.45) is 5.92 Å². The first-order valence-electron chi connectivity index (χ1n) is 10.2. The van der Waals surface area contributed by atoms with E-state index in [9.17, 15) is 14.4 Å². The molecule has 2 aliphatic rings. The zero-order chi connectivity index (χ0) is 21.7. The van der Waals surface area contributed by atoms with E-state index in [4.69, 9.17) is 0 Å². The minimum Gasteiger partial charge on any atom is -0.277 e. The number of hydrogen-bond acceptors (Lipinski definition) is 4. The van der Waals surface area contributed by atoms with E-state index in [1.54, 1.807) is 40.9 Å². The minimum atomic E-state index is -0.920. The first kappa shape index (κ1) is 19.6. The van der Waals surface area contributed by atoms with E-state index >= 15 is 0 Å². The van der Waals surface area contributed by atoms with Crippen LogP contribution in [0.25, 0.3) is 0 Å². The third-order valence-corrected chi connectivity index (χ3v) is 6.77. The first-order valence-corrected chi connectivity index (χ1v) is 11.0. The van der Waals surface area contributed by atoms with Gasteiger partial charge in [0.15, 0.2) is 0 Å². The number of fused-ring (bicyclic) bond motifs is 3. The molecule has 2 aliphatic heterocycles. The molecule has 0 spiro atoms. The number of imide groups is 1. The van der Waals surface area contributed by atoms with Gasteiger partial charge in [-0.2, -0.15) is 0 Å². The number of anilines is 2. The van der Waals surface area contributed by atoms with Crippen LogP contribution in [0.4, 0.5) is 11.4 Å². The number of para-hydroxylation sites is 2. The second-order valence-corrected chi connectivity index (χ2v) is 9.01. The summed E-state index contributed by atoms with van der Waals surface area (Å²) in [6, 6.07) is 21.2. The summed E-state index contributed by atoms with van der Waals surface area (Å²) in [6.45, 7) is 3.73. The van der Waals surface area contributed by atoms with E-state index in [-0.39, 0.29) is 11.8 Å². The van der Waals surface area contributed by atoms with Crippen molar-refractivity contribution in [1.29, 1.82) is 0 Å². The fourth-order valence-electron chi connectivity index (χ4n) is 4.23. The Morgan fingerprint density at radius 1 is 0.742 bits per heavy atom. The van der Waals surface area contributed by atoms with Gasteiger partial charge in [-0.05, 0) is 42.3 Å². The highest BCUT2D eigenvalue weighted by Gasteiger charge is 2.46. The highest BCUT2D eigenvalue weighted by atomic mass is 32.2. The molecule has 0 saturated carbocycles. The zero-order valence-corrected chi connectivity index (χ0v) is 17.9. The van der Waals surface area contributed by atoms with Crippen LogP contribution in [0.3, 0.4) is 0 Å². The van der Waals surface area contributed by atoms with Crippen molar-refractivity contribution in [2.75, 3.05) is 4.90 Å². The molecule has 0 aliphatic carbocycles. The molecule has 0 radical (unpaired) electrons. The minimum absolute atomic E-state index is 0.261. The number of nitrogens with zero attached hydrogens (tertiary/aromatic N) is 2. The van der Waals surface area contributed by atoms with Gasteiger partial charge in [0.1, 0.15) is 6.04 Å². The Balaban J connectivity index is 1.62. The summed E-state index contributed by atoms with van der Waals surface area (Å²) in [4.78, 5) is 45.1. The summed E-state index contributed by atoms with van der Waals surface area (Å²) in [7, 11) is 0. The molecule has 6 heteroatoms. The maximum absolute atomic E-state index is 14.1. The topological polar surface area (TPSA) is 57.7 Å². The molecule has 3 aromatic rings. The molecule has 0 saturated heterocycles. The summed E-state index contributed by atoms with van der Waals surface area (Å²) >= 11 is 1.61. The molecular formula is C25H20N2O3S. The quantitative estimate of drug-likeness (QED) is 0.542. The molecule has 2 heterocycles. The molecular weight excluding hydrogens is 408 g/mol. The van der Waals surface area contributed by atoms with Crippen molar-refractivity contribution in [1.82, 2.24) is 4.90 Å². The number of hydrogen-bond donors (Lipinski definition) is 0. The van der Waals surface area contributed by atoms with Crippen molar-refractivity contribution < 1.29 is 14.4 Å². The van der Waals surface area contributed by atoms with E-state index in [0.29, 0.717) is 11.1 Å². The molecule has 5 nitrogen and oxygen atoms in total. The van der Waals surface area contributed by atoms with Crippen LogP contribution in [0, 0.1) is 5.92 Å². The Bertz CT molecular complexity index is 1160. The molecule has 0 aromatic heterocycles. The molecule has 0 fully saturated rings. The summed E-state index contributed by atoms with van der Waals surface area (Å²) in [6.07, 6.45) is 0. The third-order valence-electron chi connectivity index (χ3n) is 5.64. The van der Waals surface area contributed by atoms with Crippen molar-refractivity contribution in [3.63, 3.8) is 0 Å². The molecule has 154 valence electrons. The van der Waals surface area contributed by atoms with Gasteiger partial charge >= 0.3 is 0 Å². The van der Waals surface area contributed by atoms with Crippen molar-refractivity contribution in [3.8, 4) is 0 Å². The van der Waals surface area contributed by atoms with Gasteiger partial charge < -0.3 is 0 Å². The lowest BCUT2D eigenvalue weighted by atomic mass is 9.99. The second kappa shape index (κ2) is 7.39. The maximum Gasteiger partial charge on any atom is 0.262 e. The van der Waals surface area contributed by atoms with Gasteiger partial charge in [-0.15, -0.1) is 0 Å². The predicted molar refractivity (Wildman–Crippen MR) is 120 cm³/mol. The van der Waals surface area contributed by atoms with Crippen molar-refractivity contribution >= 4 is 40.9 Å². The standard InChI is InChI=1S/C25H20N2O3S/c1-15(2)22(27-23(28)16-9-3-4-10-17(16)24(27)29)25(30)26-18-11-5-7-13-20(18)31-21-14-8-6-12-19(21)26/h3-15,22H,1-2H3/t22-/m0/s1. The predicted octanol–water partition coefficient (Wildman–Crippen LogP) is 5.14. The van der Waals surface area contributed by atoms with Crippen LogP contribution in [-0.2, 0) is 4.79 Å². The van der Waals surface area contributed by atoms with E-state index in [1.807, 2.05) is 62.4 Å². The van der Waals surface area contributed by atoms with E-state index < -0.39 is 17.9 Å². The number of benzene rings is 3. The molecule has 0 unspecified atom stereocenters. The summed E-state index contributed by atoms with van der Waals surface area (Å²) in [5.41, 5.74) is 2.22. The van der Waals surface area contributed by atoms with Crippen LogP contribution < -0.4 is 4.90 Å². The Labute approximate surface area is 184 Å². The summed E-state index contributed by atoms with van der Waals surface area (Å²) in [5, 5.41) is 0. The van der Waals surface area contributed by atoms with Crippen LogP contribution in [0.5, 0.6) is 0 Å². The Morgan fingerprint density at radius 2 is 1.19 bits per heavy atom. The lowest BCUT2D eigenvalue weighted by Crippen LogP contribution is -2.53. The Kier molecular flexibility index (Phi) is 4.67. The van der Waals surface area contributed by atoms with E-state index in [2.05, 4.69) is 0 Å². The maximum atomic E-state index is 14.1. The number of carbonyl (C=O) groups excluding carboxylic acids is 3. The lowest BCUT2D eigenvalue weighted by molar-refractivity contribution is -0.123. The average molecular weight is 429 g/mol.